The third-order valence-electron chi connectivity index (χ3n) is 10.4. The minimum atomic E-state index is -0.487. The van der Waals surface area contributed by atoms with Gasteiger partial charge in [0.2, 0.25) is 0 Å². The fourth-order valence-electron chi connectivity index (χ4n) is 8.04. The van der Waals surface area contributed by atoms with Crippen LogP contribution in [-0.4, -0.2) is 9.97 Å². The molecule has 244 valence electrons. The van der Waals surface area contributed by atoms with Crippen LogP contribution in [0.15, 0.2) is 194 Å². The normalized spacial score (nSPS) is 12.8. The van der Waals surface area contributed by atoms with Crippen LogP contribution in [0.1, 0.15) is 22.3 Å². The van der Waals surface area contributed by atoms with Gasteiger partial charge in [-0.05, 0) is 80.2 Å². The molecule has 0 fully saturated rings. The highest BCUT2D eigenvalue weighted by Gasteiger charge is 2.46. The quantitative estimate of drug-likeness (QED) is 0.175. The fraction of sp³-hybridized carbons (Fsp3) is 0.0204. The van der Waals surface area contributed by atoms with Gasteiger partial charge in [0.15, 0.2) is 5.82 Å². The SMILES string of the molecule is c1ccc(-c2cccc(-c3cc(-c4ccc5c(c4)C(c4ccccc4)(c4ccccc4)c4ccccc4-5)nc(-c4cc5ccccc5s4)n3)c2)cc1. The molecule has 0 saturated heterocycles. The molecule has 10 rings (SSSR count). The van der Waals surface area contributed by atoms with E-state index in [4.69, 9.17) is 9.97 Å². The van der Waals surface area contributed by atoms with Gasteiger partial charge in [0, 0.05) is 15.8 Å². The molecule has 1 aliphatic rings. The molecule has 0 N–H and O–H groups in total. The molecule has 0 saturated carbocycles. The van der Waals surface area contributed by atoms with Crippen molar-refractivity contribution < 1.29 is 0 Å². The lowest BCUT2D eigenvalue weighted by atomic mass is 9.67. The molecule has 3 heteroatoms. The van der Waals surface area contributed by atoms with E-state index in [1.54, 1.807) is 11.3 Å². The number of fused-ring (bicyclic) bond motifs is 4. The Balaban J connectivity index is 1.21. The molecule has 0 spiro atoms. The summed E-state index contributed by atoms with van der Waals surface area (Å²) in [6, 6.07) is 69.8. The van der Waals surface area contributed by atoms with E-state index < -0.39 is 5.41 Å². The second-order valence-electron chi connectivity index (χ2n) is 13.3. The minimum Gasteiger partial charge on any atom is -0.227 e. The molecular formula is C49H32N2S. The summed E-state index contributed by atoms with van der Waals surface area (Å²) in [6.45, 7) is 0. The molecule has 1 aliphatic carbocycles. The molecule has 9 aromatic rings. The first-order valence-corrected chi connectivity index (χ1v) is 18.5. The Labute approximate surface area is 307 Å². The van der Waals surface area contributed by atoms with Gasteiger partial charge in [-0.1, -0.05) is 164 Å². The zero-order chi connectivity index (χ0) is 34.5. The summed E-state index contributed by atoms with van der Waals surface area (Å²) < 4.78 is 1.23. The first kappa shape index (κ1) is 30.4. The van der Waals surface area contributed by atoms with Crippen molar-refractivity contribution in [2.75, 3.05) is 0 Å². The monoisotopic (exact) mass is 680 g/mol. The van der Waals surface area contributed by atoms with Crippen molar-refractivity contribution in [3.63, 3.8) is 0 Å². The second-order valence-corrected chi connectivity index (χ2v) is 14.4. The Kier molecular flexibility index (Phi) is 7.26. The van der Waals surface area contributed by atoms with Gasteiger partial charge in [0.25, 0.3) is 0 Å². The maximum atomic E-state index is 5.34. The summed E-state index contributed by atoms with van der Waals surface area (Å²) >= 11 is 1.74. The maximum absolute atomic E-state index is 5.34. The minimum absolute atomic E-state index is 0.487. The lowest BCUT2D eigenvalue weighted by Gasteiger charge is -2.34. The Hall–Kier alpha value is -6.42. The fourth-order valence-corrected chi connectivity index (χ4v) is 9.03. The molecule has 52 heavy (non-hydrogen) atoms. The number of benzene rings is 7. The summed E-state index contributed by atoms with van der Waals surface area (Å²) in [5, 5.41) is 1.20. The van der Waals surface area contributed by atoms with E-state index in [-0.39, 0.29) is 0 Å². The van der Waals surface area contributed by atoms with Crippen LogP contribution in [0.5, 0.6) is 0 Å². The summed E-state index contributed by atoms with van der Waals surface area (Å²) in [5.74, 6) is 0.736. The van der Waals surface area contributed by atoms with Gasteiger partial charge < -0.3 is 0 Å². The first-order valence-electron chi connectivity index (χ1n) is 17.7. The highest BCUT2D eigenvalue weighted by atomic mass is 32.1. The Bertz CT molecular complexity index is 2660. The lowest BCUT2D eigenvalue weighted by Crippen LogP contribution is -2.28. The summed E-state index contributed by atoms with van der Waals surface area (Å²) in [4.78, 5) is 11.7. The van der Waals surface area contributed by atoms with Gasteiger partial charge in [-0.15, -0.1) is 11.3 Å². The summed E-state index contributed by atoms with van der Waals surface area (Å²) in [5.41, 5.74) is 13.3. The number of thiophene rings is 1. The molecule has 2 nitrogen and oxygen atoms in total. The van der Waals surface area contributed by atoms with Crippen molar-refractivity contribution in [3.05, 3.63) is 216 Å². The number of hydrogen-bond acceptors (Lipinski definition) is 3. The predicted molar refractivity (Wildman–Crippen MR) is 216 cm³/mol. The van der Waals surface area contributed by atoms with Crippen molar-refractivity contribution in [3.8, 4) is 55.5 Å². The number of rotatable bonds is 6. The zero-order valence-electron chi connectivity index (χ0n) is 28.3. The highest BCUT2D eigenvalue weighted by Crippen LogP contribution is 2.56. The average Bonchev–Trinajstić information content (AvgIpc) is 3.80. The third-order valence-corrected chi connectivity index (χ3v) is 11.5. The van der Waals surface area contributed by atoms with Crippen LogP contribution in [-0.2, 0) is 5.41 Å². The molecule has 2 aromatic heterocycles. The molecule has 0 radical (unpaired) electrons. The Morgan fingerprint density at radius 3 is 1.69 bits per heavy atom. The van der Waals surface area contributed by atoms with Crippen molar-refractivity contribution in [2.45, 2.75) is 5.41 Å². The van der Waals surface area contributed by atoms with Crippen LogP contribution in [0.2, 0.25) is 0 Å². The maximum Gasteiger partial charge on any atom is 0.170 e. The van der Waals surface area contributed by atoms with Gasteiger partial charge in [-0.2, -0.15) is 0 Å². The van der Waals surface area contributed by atoms with Crippen LogP contribution in [0, 0.1) is 0 Å². The van der Waals surface area contributed by atoms with Gasteiger partial charge in [-0.3, -0.25) is 0 Å². The van der Waals surface area contributed by atoms with Crippen LogP contribution < -0.4 is 0 Å². The smallest absolute Gasteiger partial charge is 0.170 e. The molecule has 0 bridgehead atoms. The van der Waals surface area contributed by atoms with Gasteiger partial charge >= 0.3 is 0 Å². The molecule has 0 atom stereocenters. The molecule has 0 aliphatic heterocycles. The topological polar surface area (TPSA) is 25.8 Å². The third kappa shape index (κ3) is 4.93. The Morgan fingerprint density at radius 2 is 0.962 bits per heavy atom. The van der Waals surface area contributed by atoms with Crippen LogP contribution >= 0.6 is 11.3 Å². The zero-order valence-corrected chi connectivity index (χ0v) is 29.1. The van der Waals surface area contributed by atoms with Gasteiger partial charge in [0.1, 0.15) is 0 Å². The van der Waals surface area contributed by atoms with E-state index in [2.05, 4.69) is 194 Å². The number of aromatic nitrogens is 2. The first-order chi connectivity index (χ1) is 25.8. The van der Waals surface area contributed by atoms with Crippen LogP contribution in [0.25, 0.3) is 65.6 Å². The van der Waals surface area contributed by atoms with E-state index >= 15 is 0 Å². The van der Waals surface area contributed by atoms with E-state index in [0.717, 1.165) is 38.8 Å². The van der Waals surface area contributed by atoms with Crippen molar-refractivity contribution in [1.82, 2.24) is 9.97 Å². The van der Waals surface area contributed by atoms with Gasteiger partial charge in [-0.25, -0.2) is 9.97 Å². The summed E-state index contributed by atoms with van der Waals surface area (Å²) in [7, 11) is 0. The van der Waals surface area contributed by atoms with Crippen molar-refractivity contribution in [1.29, 1.82) is 0 Å². The average molecular weight is 681 g/mol. The number of hydrogen-bond donors (Lipinski definition) is 0. The van der Waals surface area contributed by atoms with E-state index in [1.165, 1.54) is 49.0 Å². The Morgan fingerprint density at radius 1 is 0.385 bits per heavy atom. The predicted octanol–water partition coefficient (Wildman–Crippen LogP) is 12.7. The number of nitrogens with zero attached hydrogens (tertiary/aromatic N) is 2. The van der Waals surface area contributed by atoms with E-state index in [0.29, 0.717) is 0 Å². The lowest BCUT2D eigenvalue weighted by molar-refractivity contribution is 0.768. The van der Waals surface area contributed by atoms with E-state index in [1.807, 2.05) is 0 Å². The molecule has 2 heterocycles. The standard InChI is InChI=1S/C49H32N2S/c1-4-15-33(16-5-1)34-18-14-19-35(29-34)44-32-45(51-48(50-44)47-31-37-17-10-13-26-46(37)52-47)36-27-28-41-40-24-11-12-25-42(40)49(43(41)30-36,38-20-6-2-7-21-38)39-22-8-3-9-23-39/h1-32H. The van der Waals surface area contributed by atoms with Crippen molar-refractivity contribution >= 4 is 21.4 Å². The molecule has 7 aromatic carbocycles. The van der Waals surface area contributed by atoms with Crippen LogP contribution in [0.3, 0.4) is 0 Å². The largest absolute Gasteiger partial charge is 0.227 e. The summed E-state index contributed by atoms with van der Waals surface area (Å²) in [6.07, 6.45) is 0. The highest BCUT2D eigenvalue weighted by molar-refractivity contribution is 7.22. The second kappa shape index (κ2) is 12.4. The molecule has 0 unspecified atom stereocenters. The molecule has 0 amide bonds. The van der Waals surface area contributed by atoms with Crippen molar-refractivity contribution in [2.24, 2.45) is 0 Å². The van der Waals surface area contributed by atoms with Crippen LogP contribution in [0.4, 0.5) is 0 Å². The van der Waals surface area contributed by atoms with Gasteiger partial charge in [0.05, 0.1) is 21.7 Å². The van der Waals surface area contributed by atoms with E-state index in [9.17, 15) is 0 Å². The molecular weight excluding hydrogens is 649 g/mol.